The van der Waals surface area contributed by atoms with Gasteiger partial charge in [0.1, 0.15) is 0 Å². The molecule has 2 heterocycles. The number of anilines is 1. The van der Waals surface area contributed by atoms with Gasteiger partial charge in [-0.2, -0.15) is 0 Å². The van der Waals surface area contributed by atoms with Crippen LogP contribution in [0.1, 0.15) is 234 Å². The summed E-state index contributed by atoms with van der Waals surface area (Å²) in [6, 6.07) is 39.6. The number of hydrogen-bond donors (Lipinski definition) is 3. The molecule has 0 aliphatic carbocycles. The Morgan fingerprint density at radius 2 is 0.684 bits per heavy atom. The van der Waals surface area contributed by atoms with E-state index in [0.717, 1.165) is 97.3 Å². The number of pyridine rings is 2. The number of carboxylic acids is 3. The highest BCUT2D eigenvalue weighted by Crippen LogP contribution is 2.20. The summed E-state index contributed by atoms with van der Waals surface area (Å²) in [5, 5.41) is 26.5. The maximum Gasteiger partial charge on any atom is 0.335 e. The summed E-state index contributed by atoms with van der Waals surface area (Å²) in [6.07, 6.45) is 13.6. The van der Waals surface area contributed by atoms with Crippen LogP contribution in [0.3, 0.4) is 0 Å². The largest absolute Gasteiger partial charge is 0.481 e. The molecule has 2 aromatic heterocycles. The molecule has 648 valence electrons. The van der Waals surface area contributed by atoms with Crippen molar-refractivity contribution in [3.8, 4) is 0 Å². The van der Waals surface area contributed by atoms with E-state index in [1.165, 1.54) is 11.6 Å². The molecule has 0 aliphatic rings. The van der Waals surface area contributed by atoms with E-state index in [1.807, 2.05) is 139 Å². The van der Waals surface area contributed by atoms with E-state index in [2.05, 4.69) is 183 Å². The lowest BCUT2D eigenvalue weighted by Crippen LogP contribution is -2.40. The van der Waals surface area contributed by atoms with Gasteiger partial charge in [0, 0.05) is 146 Å². The Kier molecular flexibility index (Phi) is 51.1. The third-order valence-corrected chi connectivity index (χ3v) is 18.5. The lowest BCUT2D eigenvalue weighted by Gasteiger charge is -2.28. The van der Waals surface area contributed by atoms with Crippen molar-refractivity contribution in [3.05, 3.63) is 202 Å². The van der Waals surface area contributed by atoms with Gasteiger partial charge in [-0.05, 0) is 212 Å². The van der Waals surface area contributed by atoms with Crippen LogP contribution in [0.25, 0.3) is 6.08 Å². The molecule has 0 saturated heterocycles. The van der Waals surface area contributed by atoms with Gasteiger partial charge in [-0.1, -0.05) is 174 Å². The first-order valence-corrected chi connectivity index (χ1v) is 42.2. The minimum absolute atomic E-state index is 0.0136. The number of rotatable bonds is 38. The Hall–Kier alpha value is -9.56. The van der Waals surface area contributed by atoms with Crippen molar-refractivity contribution in [1.82, 2.24) is 39.4 Å². The highest BCUT2D eigenvalue weighted by atomic mass is 16.4. The minimum Gasteiger partial charge on any atom is -0.481 e. The number of benzene rings is 4. The number of aromatic carboxylic acids is 1. The lowest BCUT2D eigenvalue weighted by atomic mass is 10.0. The summed E-state index contributed by atoms with van der Waals surface area (Å²) in [5.74, 6) is 1.01. The molecule has 3 N–H and O–H groups in total. The maximum absolute atomic E-state index is 12.4. The Morgan fingerprint density at radius 1 is 0.350 bits per heavy atom. The van der Waals surface area contributed by atoms with Gasteiger partial charge < -0.3 is 44.7 Å². The molecule has 0 spiro atoms. The molecule has 6 aromatic rings. The second-order valence-corrected chi connectivity index (χ2v) is 34.7. The van der Waals surface area contributed by atoms with E-state index in [4.69, 9.17) is 15.3 Å². The van der Waals surface area contributed by atoms with Crippen LogP contribution in [0.2, 0.25) is 0 Å². The van der Waals surface area contributed by atoms with Crippen molar-refractivity contribution in [2.24, 2.45) is 35.5 Å². The summed E-state index contributed by atoms with van der Waals surface area (Å²) < 4.78 is 0. The van der Waals surface area contributed by atoms with E-state index in [9.17, 15) is 38.4 Å². The number of hydrogen-bond acceptors (Lipinski definition) is 12. The van der Waals surface area contributed by atoms with E-state index in [0.29, 0.717) is 79.3 Å². The van der Waals surface area contributed by atoms with Gasteiger partial charge >= 0.3 is 17.9 Å². The highest BCUT2D eigenvalue weighted by Gasteiger charge is 2.24. The van der Waals surface area contributed by atoms with E-state index in [-0.39, 0.29) is 78.2 Å². The second kappa shape index (κ2) is 56.7. The Bertz CT molecular complexity index is 3760. The van der Waals surface area contributed by atoms with Crippen LogP contribution in [0.15, 0.2) is 152 Å². The fourth-order valence-electron chi connectivity index (χ4n) is 12.5. The van der Waals surface area contributed by atoms with Gasteiger partial charge in [0.15, 0.2) is 0 Å². The van der Waals surface area contributed by atoms with Gasteiger partial charge in [0.05, 0.1) is 31.2 Å². The monoisotopic (exact) mass is 1620 g/mol. The molecule has 4 aromatic carbocycles. The van der Waals surface area contributed by atoms with Crippen LogP contribution >= 0.6 is 0 Å². The molecule has 117 heavy (non-hydrogen) atoms. The number of aromatic nitrogens is 2. The zero-order valence-electron chi connectivity index (χ0n) is 76.2. The average Bonchev–Trinajstić information content (AvgIpc) is 0.831. The van der Waals surface area contributed by atoms with Crippen molar-refractivity contribution in [2.75, 3.05) is 58.3 Å². The average molecular weight is 1620 g/mol. The topological polar surface area (TPSA) is 246 Å². The molecule has 0 atom stereocenters. The van der Waals surface area contributed by atoms with Crippen molar-refractivity contribution < 1.29 is 53.7 Å². The molecule has 0 saturated carbocycles. The number of nitrogens with zero attached hydrogens (tertiary/aromatic N) is 9. The van der Waals surface area contributed by atoms with E-state index >= 15 is 0 Å². The summed E-state index contributed by atoms with van der Waals surface area (Å²) >= 11 is 0. The first-order valence-electron chi connectivity index (χ1n) is 42.2. The van der Waals surface area contributed by atoms with Crippen LogP contribution in [0.4, 0.5) is 5.69 Å². The van der Waals surface area contributed by atoms with Crippen molar-refractivity contribution >= 4 is 59.2 Å². The molecule has 0 unspecified atom stereocenters. The van der Waals surface area contributed by atoms with Gasteiger partial charge in [0.2, 0.25) is 29.5 Å². The molecule has 0 fully saturated rings. The second-order valence-electron chi connectivity index (χ2n) is 34.7. The highest BCUT2D eigenvalue weighted by molar-refractivity contribution is 5.92. The summed E-state index contributed by atoms with van der Waals surface area (Å²) in [4.78, 5) is 116. The maximum atomic E-state index is 12.4. The number of carboxylic acid groups (broad SMARTS) is 3. The molecule has 0 aliphatic heterocycles. The van der Waals surface area contributed by atoms with E-state index in [1.54, 1.807) is 48.8 Å². The standard InChI is InChI=1S/C17H28N2O.C17H25NO3.C17H25NO2.C16H23NO3.2C15H24N2O/c1-13(2)12-19(14(3)4)17(20)11-15-7-9-16(10-8-15)18(5)6;1-12(2)11-18(13(3)4)16(19)9-14-5-7-15(8-6-14)10-17(20)21;1-13(2)11-18(14(3)4)12-16-7-5-15(6-8-16)9-10-17(19)20;1-11(2)10-17(12(3)4)15(18)9-13-7-5-6-8-14(13)16(19)20;2*1-12(2)11-17(13(3)4)15(18)8-7-14-6-5-9-16-10-14/h7-10,13-14H,11-12H2,1-6H3;5-8,12-13H,9-11H2,1-4H3,(H,20,21);5-10,13-14H,11-12H2,1-4H3,(H,19,20);5-8,11-12H,9-10H2,1-4H3,(H,19,20);2*5-6,9-10,12-13H,7-8,11H2,1-4H3/b;;10-9+;;;. The molecule has 20 heteroatoms. The smallest absolute Gasteiger partial charge is 0.335 e. The van der Waals surface area contributed by atoms with Crippen molar-refractivity contribution in [3.63, 3.8) is 0 Å². The predicted molar refractivity (Wildman–Crippen MR) is 480 cm³/mol. The van der Waals surface area contributed by atoms with Gasteiger partial charge in [-0.25, -0.2) is 9.59 Å². The number of aryl methyl sites for hydroxylation is 2. The summed E-state index contributed by atoms with van der Waals surface area (Å²) in [6.45, 7) is 56.5. The number of carbonyl (C=O) groups is 8. The molecular weight excluding hydrogens is 1470 g/mol. The van der Waals surface area contributed by atoms with Crippen molar-refractivity contribution in [2.45, 2.75) is 260 Å². The minimum atomic E-state index is -0.992. The van der Waals surface area contributed by atoms with Gasteiger partial charge in [0.25, 0.3) is 0 Å². The molecule has 0 bridgehead atoms. The summed E-state index contributed by atoms with van der Waals surface area (Å²) in [7, 11) is 4.03. The fraction of sp³-hybridized carbons (Fsp3) is 0.546. The normalized spacial score (nSPS) is 11.1. The SMILES string of the molecule is CC(C)CN(C(=O)CCc1cccnc1)C(C)C.CC(C)CN(C(=O)CCc1cccnc1)C(C)C.CC(C)CN(C(=O)Cc1ccc(CC(=O)O)cc1)C(C)C.CC(C)CN(C(=O)Cc1ccc(N(C)C)cc1)C(C)C.CC(C)CN(C(=O)Cc1ccccc1C(=O)O)C(C)C.CC(C)CN(Cc1ccc(/C=C/C(=O)O)cc1)C(C)C. The third kappa shape index (κ3) is 46.2. The predicted octanol–water partition coefficient (Wildman–Crippen LogP) is 18.2. The molecule has 0 radical (unpaired) electrons. The lowest BCUT2D eigenvalue weighted by molar-refractivity contribution is -0.136. The van der Waals surface area contributed by atoms with Gasteiger partial charge in [-0.3, -0.25) is 43.6 Å². The van der Waals surface area contributed by atoms with Crippen LogP contribution in [0.5, 0.6) is 0 Å². The number of carbonyl (C=O) groups excluding carboxylic acids is 5. The quantitative estimate of drug-likeness (QED) is 0.0305. The molecule has 6 rings (SSSR count). The number of aliphatic carboxylic acids is 2. The van der Waals surface area contributed by atoms with Gasteiger partial charge in [-0.15, -0.1) is 0 Å². The fourth-order valence-corrected chi connectivity index (χ4v) is 12.5. The Morgan fingerprint density at radius 3 is 0.991 bits per heavy atom. The summed E-state index contributed by atoms with van der Waals surface area (Å²) in [5.41, 5.74) is 9.10. The van der Waals surface area contributed by atoms with Crippen LogP contribution in [0, 0.1) is 35.5 Å². The molecular formula is C97H149N9O11. The molecule has 20 nitrogen and oxygen atoms in total. The first-order chi connectivity index (χ1) is 54.8. The zero-order valence-corrected chi connectivity index (χ0v) is 76.2. The zero-order chi connectivity index (χ0) is 88.8. The van der Waals surface area contributed by atoms with E-state index < -0.39 is 17.9 Å². The Labute approximate surface area is 704 Å². The third-order valence-electron chi connectivity index (χ3n) is 18.5. The molecule has 5 amide bonds. The Balaban J connectivity index is 0.000000703. The van der Waals surface area contributed by atoms with Crippen molar-refractivity contribution in [1.29, 1.82) is 0 Å². The van der Waals surface area contributed by atoms with Crippen LogP contribution < -0.4 is 4.90 Å². The van der Waals surface area contributed by atoms with Crippen LogP contribution in [-0.2, 0) is 78.6 Å². The van der Waals surface area contributed by atoms with Crippen LogP contribution in [-0.4, -0.2) is 192 Å². The number of amides is 5. The first kappa shape index (κ1) is 105.